The van der Waals surface area contributed by atoms with Gasteiger partial charge >= 0.3 is 0 Å². The lowest BCUT2D eigenvalue weighted by molar-refractivity contribution is 0.0680. The summed E-state index contributed by atoms with van der Waals surface area (Å²) in [6, 6.07) is 17.0. The van der Waals surface area contributed by atoms with E-state index >= 15 is 0 Å². The molecule has 0 fully saturated rings. The predicted molar refractivity (Wildman–Crippen MR) is 83.9 cm³/mol. The summed E-state index contributed by atoms with van der Waals surface area (Å²) in [5.41, 5.74) is 8.03. The van der Waals surface area contributed by atoms with Crippen LogP contribution in [0.4, 0.5) is 5.69 Å². The van der Waals surface area contributed by atoms with Crippen LogP contribution in [0.25, 0.3) is 0 Å². The molecule has 0 aliphatic heterocycles. The lowest BCUT2D eigenvalue weighted by Crippen LogP contribution is -2.33. The van der Waals surface area contributed by atoms with Crippen molar-refractivity contribution in [1.29, 1.82) is 0 Å². The monoisotopic (exact) mass is 284 g/mol. The van der Waals surface area contributed by atoms with Crippen molar-refractivity contribution in [3.63, 3.8) is 0 Å². The van der Waals surface area contributed by atoms with Gasteiger partial charge in [-0.3, -0.25) is 4.79 Å². The topological polar surface area (TPSA) is 55.6 Å². The van der Waals surface area contributed by atoms with Crippen molar-refractivity contribution in [2.75, 3.05) is 26.0 Å². The summed E-state index contributed by atoms with van der Waals surface area (Å²) in [6.07, 6.45) is 0. The quantitative estimate of drug-likeness (QED) is 0.829. The second kappa shape index (κ2) is 7.45. The summed E-state index contributed by atoms with van der Waals surface area (Å²) in [4.78, 5) is 14.4. The van der Waals surface area contributed by atoms with Crippen molar-refractivity contribution in [3.05, 3.63) is 65.7 Å². The third-order valence-corrected chi connectivity index (χ3v) is 3.20. The van der Waals surface area contributed by atoms with Gasteiger partial charge in [-0.15, -0.1) is 0 Å². The molecule has 0 radical (unpaired) electrons. The molecule has 0 aromatic heterocycles. The van der Waals surface area contributed by atoms with Crippen molar-refractivity contribution in [2.24, 2.45) is 0 Å². The molecule has 21 heavy (non-hydrogen) atoms. The fourth-order valence-electron chi connectivity index (χ4n) is 2.11. The number of methoxy groups -OCH3 is 1. The molecule has 4 heteroatoms. The summed E-state index contributed by atoms with van der Waals surface area (Å²) in [5, 5.41) is 0. The summed E-state index contributed by atoms with van der Waals surface area (Å²) >= 11 is 0. The Hall–Kier alpha value is -2.33. The molecule has 0 atom stereocenters. The molecule has 2 aromatic rings. The Morgan fingerprint density at radius 1 is 1.14 bits per heavy atom. The van der Waals surface area contributed by atoms with Crippen LogP contribution in [0.1, 0.15) is 15.9 Å². The van der Waals surface area contributed by atoms with Gasteiger partial charge in [0.15, 0.2) is 0 Å². The zero-order chi connectivity index (χ0) is 15.1. The number of hydrogen-bond donors (Lipinski definition) is 1. The summed E-state index contributed by atoms with van der Waals surface area (Å²) in [7, 11) is 1.63. The van der Waals surface area contributed by atoms with E-state index in [1.807, 2.05) is 30.3 Å². The molecule has 2 N–H and O–H groups in total. The first-order valence-electron chi connectivity index (χ1n) is 6.88. The summed E-state index contributed by atoms with van der Waals surface area (Å²) in [5.74, 6) is -0.0387. The Morgan fingerprint density at radius 2 is 1.90 bits per heavy atom. The Balaban J connectivity index is 2.17. The van der Waals surface area contributed by atoms with Crippen LogP contribution in [0.5, 0.6) is 0 Å². The molecule has 1 amide bonds. The first-order valence-corrected chi connectivity index (χ1v) is 6.88. The van der Waals surface area contributed by atoms with Crippen LogP contribution in [0.3, 0.4) is 0 Å². The zero-order valence-electron chi connectivity index (χ0n) is 12.2. The number of amides is 1. The third-order valence-electron chi connectivity index (χ3n) is 3.20. The van der Waals surface area contributed by atoms with E-state index in [2.05, 4.69) is 0 Å². The van der Waals surface area contributed by atoms with Gasteiger partial charge in [0.25, 0.3) is 5.91 Å². The third kappa shape index (κ3) is 4.33. The van der Waals surface area contributed by atoms with Gasteiger partial charge in [-0.1, -0.05) is 36.4 Å². The number of hydrogen-bond acceptors (Lipinski definition) is 3. The SMILES string of the molecule is COCCN(Cc1ccccc1)C(=O)c1cccc(N)c1. The molecule has 0 heterocycles. The number of nitrogen functional groups attached to an aromatic ring is 1. The number of nitrogens with zero attached hydrogens (tertiary/aromatic N) is 1. The van der Waals surface area contributed by atoms with Gasteiger partial charge in [0, 0.05) is 31.5 Å². The minimum absolute atomic E-state index is 0.0387. The predicted octanol–water partition coefficient (Wildman–Crippen LogP) is 2.56. The van der Waals surface area contributed by atoms with Gasteiger partial charge in [0.05, 0.1) is 6.61 Å². The van der Waals surface area contributed by atoms with Gasteiger partial charge in [-0.05, 0) is 23.8 Å². The van der Waals surface area contributed by atoms with Gasteiger partial charge in [0.2, 0.25) is 0 Å². The van der Waals surface area contributed by atoms with Crippen molar-refractivity contribution >= 4 is 11.6 Å². The first kappa shape index (κ1) is 15.1. The highest BCUT2D eigenvalue weighted by molar-refractivity contribution is 5.95. The number of ether oxygens (including phenoxy) is 1. The maximum absolute atomic E-state index is 12.6. The zero-order valence-corrected chi connectivity index (χ0v) is 12.2. The molecule has 0 bridgehead atoms. The molecule has 2 rings (SSSR count). The van der Waals surface area contributed by atoms with E-state index in [0.717, 1.165) is 5.56 Å². The molecule has 0 saturated carbocycles. The van der Waals surface area contributed by atoms with Gasteiger partial charge < -0.3 is 15.4 Å². The molecule has 2 aromatic carbocycles. The van der Waals surface area contributed by atoms with E-state index in [-0.39, 0.29) is 5.91 Å². The summed E-state index contributed by atoms with van der Waals surface area (Å²) < 4.78 is 5.10. The highest BCUT2D eigenvalue weighted by Gasteiger charge is 2.16. The van der Waals surface area contributed by atoms with Crippen LogP contribution >= 0.6 is 0 Å². The van der Waals surface area contributed by atoms with Crippen molar-refractivity contribution in [1.82, 2.24) is 4.90 Å². The molecule has 0 spiro atoms. The Morgan fingerprint density at radius 3 is 2.57 bits per heavy atom. The van der Waals surface area contributed by atoms with E-state index in [9.17, 15) is 4.79 Å². The van der Waals surface area contributed by atoms with E-state index in [1.165, 1.54) is 0 Å². The van der Waals surface area contributed by atoms with Crippen molar-refractivity contribution in [3.8, 4) is 0 Å². The number of carbonyl (C=O) groups excluding carboxylic acids is 1. The second-order valence-corrected chi connectivity index (χ2v) is 4.83. The van der Waals surface area contributed by atoms with Gasteiger partial charge in [-0.25, -0.2) is 0 Å². The normalized spacial score (nSPS) is 10.3. The molecular formula is C17H20N2O2. The standard InChI is InChI=1S/C17H20N2O2/c1-21-11-10-19(13-14-6-3-2-4-7-14)17(20)15-8-5-9-16(18)12-15/h2-9,12H,10-11,13,18H2,1H3. The van der Waals surface area contributed by atoms with E-state index in [0.29, 0.717) is 30.9 Å². The lowest BCUT2D eigenvalue weighted by Gasteiger charge is -2.22. The molecule has 110 valence electrons. The minimum atomic E-state index is -0.0387. The number of nitrogens with two attached hydrogens (primary N) is 1. The van der Waals surface area contributed by atoms with E-state index < -0.39 is 0 Å². The van der Waals surface area contributed by atoms with Crippen LogP contribution in [0, 0.1) is 0 Å². The summed E-state index contributed by atoms with van der Waals surface area (Å²) in [6.45, 7) is 1.59. The van der Waals surface area contributed by atoms with Crippen LogP contribution in [0.2, 0.25) is 0 Å². The molecule has 4 nitrogen and oxygen atoms in total. The fourth-order valence-corrected chi connectivity index (χ4v) is 2.11. The molecule has 0 aliphatic carbocycles. The van der Waals surface area contributed by atoms with Crippen molar-refractivity contribution in [2.45, 2.75) is 6.54 Å². The van der Waals surface area contributed by atoms with Gasteiger partial charge in [-0.2, -0.15) is 0 Å². The average Bonchev–Trinajstić information content (AvgIpc) is 2.51. The van der Waals surface area contributed by atoms with E-state index in [4.69, 9.17) is 10.5 Å². The van der Waals surface area contributed by atoms with Crippen molar-refractivity contribution < 1.29 is 9.53 Å². The maximum Gasteiger partial charge on any atom is 0.254 e. The second-order valence-electron chi connectivity index (χ2n) is 4.83. The van der Waals surface area contributed by atoms with Crippen LogP contribution in [-0.4, -0.2) is 31.1 Å². The minimum Gasteiger partial charge on any atom is -0.399 e. The Kier molecular flexibility index (Phi) is 5.35. The first-order chi connectivity index (χ1) is 10.2. The number of rotatable bonds is 6. The molecule has 0 aliphatic rings. The molecule has 0 saturated heterocycles. The van der Waals surface area contributed by atoms with Gasteiger partial charge in [0.1, 0.15) is 0 Å². The Labute approximate surface area is 125 Å². The van der Waals surface area contributed by atoms with Crippen LogP contribution in [-0.2, 0) is 11.3 Å². The average molecular weight is 284 g/mol. The number of anilines is 1. The number of benzene rings is 2. The smallest absolute Gasteiger partial charge is 0.254 e. The number of carbonyl (C=O) groups is 1. The highest BCUT2D eigenvalue weighted by atomic mass is 16.5. The lowest BCUT2D eigenvalue weighted by atomic mass is 10.1. The van der Waals surface area contributed by atoms with Crippen LogP contribution < -0.4 is 5.73 Å². The maximum atomic E-state index is 12.6. The van der Waals surface area contributed by atoms with E-state index in [1.54, 1.807) is 36.3 Å². The fraction of sp³-hybridized carbons (Fsp3) is 0.235. The highest BCUT2D eigenvalue weighted by Crippen LogP contribution is 2.12. The molecule has 0 unspecified atom stereocenters. The Bertz CT molecular complexity index is 584. The molecular weight excluding hydrogens is 264 g/mol. The largest absolute Gasteiger partial charge is 0.399 e. The van der Waals surface area contributed by atoms with Crippen LogP contribution in [0.15, 0.2) is 54.6 Å².